The van der Waals surface area contributed by atoms with Gasteiger partial charge in [0.15, 0.2) is 0 Å². The Kier molecular flexibility index (Phi) is 11.5. The summed E-state index contributed by atoms with van der Waals surface area (Å²) in [6.45, 7) is 8.54. The zero-order chi connectivity index (χ0) is 43.1. The number of sulfonamides is 1. The number of benzene rings is 3. The number of allylic oxidation sites excluding steroid dienone is 1. The maximum atomic E-state index is 14.0. The summed E-state index contributed by atoms with van der Waals surface area (Å²) in [6, 6.07) is 18.3. The van der Waals surface area contributed by atoms with Gasteiger partial charge in [-0.3, -0.25) is 24.6 Å². The van der Waals surface area contributed by atoms with Crippen molar-refractivity contribution >= 4 is 67.2 Å². The molecule has 3 aliphatic rings. The zero-order valence-corrected chi connectivity index (χ0v) is 35.6. The molecule has 3 aromatic carbocycles. The SMILES string of the molecule is COC(=O)C[C@@H]1Cc2cc(S(=O)(=O)NC(=O)c3ccc(N4CCN(CC5=C(c6ccc(Cl)cc6)CC(C)(C)CC5)CC4)cc3Oc3cnc4[nH]ccc4c3)cc([N+](=O)[O-])c2N1. The second-order valence-electron chi connectivity index (χ2n) is 16.6. The average molecular weight is 868 g/mol. The summed E-state index contributed by atoms with van der Waals surface area (Å²) in [5.41, 5.74) is 5.58. The Labute approximate surface area is 358 Å². The van der Waals surface area contributed by atoms with Crippen LogP contribution in [0.2, 0.25) is 5.02 Å². The number of carbonyl (C=O) groups is 2. The third-order valence-corrected chi connectivity index (χ3v) is 13.3. The van der Waals surface area contributed by atoms with Crippen molar-refractivity contribution in [2.24, 2.45) is 5.41 Å². The number of nitro groups is 1. The van der Waals surface area contributed by atoms with Gasteiger partial charge in [0, 0.05) is 73.2 Å². The number of H-pyrrole nitrogens is 1. The molecular weight excluding hydrogens is 822 g/mol. The van der Waals surface area contributed by atoms with Gasteiger partial charge in [0.2, 0.25) is 0 Å². The second-order valence-corrected chi connectivity index (χ2v) is 18.7. The van der Waals surface area contributed by atoms with Gasteiger partial charge in [-0.25, -0.2) is 18.1 Å². The monoisotopic (exact) mass is 867 g/mol. The van der Waals surface area contributed by atoms with Crippen LogP contribution in [0, 0.1) is 15.5 Å². The summed E-state index contributed by atoms with van der Waals surface area (Å²) in [7, 11) is -3.41. The summed E-state index contributed by atoms with van der Waals surface area (Å²) in [4.78, 5) is 48.9. The molecule has 5 aromatic rings. The highest BCUT2D eigenvalue weighted by Gasteiger charge is 2.34. The molecule has 0 radical (unpaired) electrons. The highest BCUT2D eigenvalue weighted by Crippen LogP contribution is 2.44. The third kappa shape index (κ3) is 9.21. The number of pyridine rings is 1. The molecule has 61 heavy (non-hydrogen) atoms. The number of hydrogen-bond acceptors (Lipinski definition) is 12. The van der Waals surface area contributed by atoms with Crippen LogP contribution < -0.4 is 19.7 Å². The van der Waals surface area contributed by atoms with Gasteiger partial charge in [0.05, 0.1) is 35.1 Å². The molecule has 1 atom stereocenters. The first kappa shape index (κ1) is 41.8. The van der Waals surface area contributed by atoms with Gasteiger partial charge in [-0.1, -0.05) is 43.2 Å². The molecule has 4 heterocycles. The fourth-order valence-corrected chi connectivity index (χ4v) is 9.59. The molecule has 0 bridgehead atoms. The van der Waals surface area contributed by atoms with Gasteiger partial charge >= 0.3 is 5.97 Å². The maximum Gasteiger partial charge on any atom is 0.307 e. The quantitative estimate of drug-likeness (QED) is 0.0630. The number of nitro benzene ring substituents is 1. The lowest BCUT2D eigenvalue weighted by Gasteiger charge is -2.39. The number of anilines is 2. The van der Waals surface area contributed by atoms with Gasteiger partial charge in [0.1, 0.15) is 22.8 Å². The first-order valence-corrected chi connectivity index (χ1v) is 21.9. The molecule has 3 N–H and O–H groups in total. The standard InChI is InChI=1S/C44H46ClN7O8S/c1-44(2)12-10-29(37(24-44)27-4-6-31(45)7-5-27)26-50-14-16-51(17-15-50)33-8-9-36(39(22-33)60-34-19-28-11-13-46-42(28)47-25-34)43(54)49-61(57,58)35-20-30-18-32(21-40(53)59-3)48-41(30)38(23-35)52(55)56/h4-9,11,13,19-20,22-23,25,32,48H,10,12,14-18,21,24,26H2,1-3H3,(H,46,47)(H,49,54)/t32-/m0/s1. The summed E-state index contributed by atoms with van der Waals surface area (Å²) < 4.78 is 40.7. The van der Waals surface area contributed by atoms with Crippen molar-refractivity contribution < 1.29 is 32.4 Å². The van der Waals surface area contributed by atoms with Gasteiger partial charge < -0.3 is 24.7 Å². The summed E-state index contributed by atoms with van der Waals surface area (Å²) in [5, 5.41) is 16.5. The Balaban J connectivity index is 1.03. The van der Waals surface area contributed by atoms with E-state index in [9.17, 15) is 28.1 Å². The van der Waals surface area contributed by atoms with Crippen LogP contribution in [0.15, 0.2) is 89.6 Å². The molecule has 1 amide bonds. The van der Waals surface area contributed by atoms with Crippen molar-refractivity contribution in [2.75, 3.05) is 50.1 Å². The molecule has 1 aliphatic carbocycles. The zero-order valence-electron chi connectivity index (χ0n) is 34.0. The van der Waals surface area contributed by atoms with Crippen LogP contribution in [0.5, 0.6) is 11.5 Å². The minimum Gasteiger partial charge on any atom is -0.469 e. The van der Waals surface area contributed by atoms with Gasteiger partial charge in [-0.15, -0.1) is 0 Å². The average Bonchev–Trinajstić information content (AvgIpc) is 3.87. The predicted molar refractivity (Wildman–Crippen MR) is 233 cm³/mol. The lowest BCUT2D eigenvalue weighted by Crippen LogP contribution is -2.47. The molecule has 0 spiro atoms. The highest BCUT2D eigenvalue weighted by atomic mass is 35.5. The fourth-order valence-electron chi connectivity index (χ4n) is 8.43. The van der Waals surface area contributed by atoms with Crippen LogP contribution in [0.3, 0.4) is 0 Å². The molecule has 318 valence electrons. The molecule has 1 saturated heterocycles. The van der Waals surface area contributed by atoms with Gasteiger partial charge in [-0.05, 0) is 90.3 Å². The molecule has 0 saturated carbocycles. The first-order chi connectivity index (χ1) is 29.1. The number of nitrogens with one attached hydrogen (secondary N) is 3. The van der Waals surface area contributed by atoms with Crippen molar-refractivity contribution in [3.63, 3.8) is 0 Å². The molecule has 0 unspecified atom stereocenters. The summed E-state index contributed by atoms with van der Waals surface area (Å²) in [5.74, 6) is -1.09. The number of piperazine rings is 1. The predicted octanol–water partition coefficient (Wildman–Crippen LogP) is 7.72. The van der Waals surface area contributed by atoms with Gasteiger partial charge in [-0.2, -0.15) is 0 Å². The minimum absolute atomic E-state index is 0.0718. The number of hydrogen-bond donors (Lipinski definition) is 3. The van der Waals surface area contributed by atoms with Crippen LogP contribution in [0.4, 0.5) is 17.1 Å². The lowest BCUT2D eigenvalue weighted by atomic mass is 9.72. The van der Waals surface area contributed by atoms with E-state index in [1.54, 1.807) is 24.4 Å². The Morgan fingerprint density at radius 3 is 2.56 bits per heavy atom. The van der Waals surface area contributed by atoms with Crippen LogP contribution in [0.1, 0.15) is 61.0 Å². The number of esters is 1. The van der Waals surface area contributed by atoms with E-state index in [4.69, 9.17) is 21.1 Å². The van der Waals surface area contributed by atoms with Crippen LogP contribution >= 0.6 is 11.6 Å². The molecule has 17 heteroatoms. The first-order valence-electron chi connectivity index (χ1n) is 20.1. The Hall–Kier alpha value is -5.97. The minimum atomic E-state index is -4.64. The fraction of sp³-hybridized carbons (Fsp3) is 0.341. The number of ether oxygens (including phenoxy) is 2. The van der Waals surface area contributed by atoms with Crippen molar-refractivity contribution in [3.05, 3.63) is 117 Å². The number of carbonyl (C=O) groups excluding carboxylic acids is 2. The Morgan fingerprint density at radius 2 is 1.82 bits per heavy atom. The smallest absolute Gasteiger partial charge is 0.307 e. The lowest BCUT2D eigenvalue weighted by molar-refractivity contribution is -0.384. The molecule has 2 aromatic heterocycles. The number of halogens is 1. The largest absolute Gasteiger partial charge is 0.469 e. The van der Waals surface area contributed by atoms with E-state index in [-0.39, 0.29) is 35.3 Å². The van der Waals surface area contributed by atoms with E-state index in [0.29, 0.717) is 30.0 Å². The van der Waals surface area contributed by atoms with E-state index >= 15 is 0 Å². The number of amides is 1. The maximum absolute atomic E-state index is 14.0. The summed E-state index contributed by atoms with van der Waals surface area (Å²) in [6.07, 6.45) is 6.47. The molecular formula is C44H46ClN7O8S. The number of nitrogens with zero attached hydrogens (tertiary/aromatic N) is 4. The van der Waals surface area contributed by atoms with E-state index in [0.717, 1.165) is 61.1 Å². The number of methoxy groups -OCH3 is 1. The number of fused-ring (bicyclic) bond motifs is 2. The molecule has 1 fully saturated rings. The van der Waals surface area contributed by atoms with Gasteiger partial charge in [0.25, 0.3) is 21.6 Å². The topological polar surface area (TPSA) is 189 Å². The Morgan fingerprint density at radius 1 is 1.05 bits per heavy atom. The van der Waals surface area contributed by atoms with Crippen LogP contribution in [0.25, 0.3) is 16.6 Å². The number of aromatic nitrogens is 2. The third-order valence-electron chi connectivity index (χ3n) is 11.7. The number of aromatic amines is 1. The van der Waals surface area contributed by atoms with Crippen LogP contribution in [-0.4, -0.2) is 86.0 Å². The van der Waals surface area contributed by atoms with Crippen molar-refractivity contribution in [1.29, 1.82) is 0 Å². The van der Waals surface area contributed by atoms with E-state index in [1.807, 2.05) is 18.2 Å². The second kappa shape index (κ2) is 16.8. The van der Waals surface area contributed by atoms with Crippen LogP contribution in [-0.2, 0) is 26.0 Å². The van der Waals surface area contributed by atoms with E-state index in [1.165, 1.54) is 42.1 Å². The van der Waals surface area contributed by atoms with Crippen molar-refractivity contribution in [3.8, 4) is 11.5 Å². The Bertz CT molecular complexity index is 2670. The van der Waals surface area contributed by atoms with E-state index < -0.39 is 43.4 Å². The molecule has 2 aliphatic heterocycles. The normalized spacial score (nSPS) is 17.8. The molecule has 15 nitrogen and oxygen atoms in total. The van der Waals surface area contributed by atoms with E-state index in [2.05, 4.69) is 55.8 Å². The summed E-state index contributed by atoms with van der Waals surface area (Å²) >= 11 is 6.23. The number of rotatable bonds is 12. The molecule has 8 rings (SSSR count). The van der Waals surface area contributed by atoms with Crippen molar-refractivity contribution in [2.45, 2.75) is 56.9 Å². The highest BCUT2D eigenvalue weighted by molar-refractivity contribution is 7.90. The van der Waals surface area contributed by atoms with Crippen molar-refractivity contribution in [1.82, 2.24) is 19.6 Å².